The second-order valence-corrected chi connectivity index (χ2v) is 5.64. The van der Waals surface area contributed by atoms with Crippen LogP contribution in [0.3, 0.4) is 0 Å². The Kier molecular flexibility index (Phi) is 4.02. The van der Waals surface area contributed by atoms with Crippen LogP contribution in [-0.2, 0) is 6.54 Å². The molecule has 18 heavy (non-hydrogen) atoms. The van der Waals surface area contributed by atoms with Gasteiger partial charge in [0.25, 0.3) is 5.69 Å². The highest BCUT2D eigenvalue weighted by Gasteiger charge is 2.34. The fourth-order valence-electron chi connectivity index (χ4n) is 2.39. The van der Waals surface area contributed by atoms with Crippen molar-refractivity contribution in [1.29, 1.82) is 0 Å². The van der Waals surface area contributed by atoms with Crippen molar-refractivity contribution in [3.05, 3.63) is 38.3 Å². The van der Waals surface area contributed by atoms with Crippen LogP contribution in [0, 0.1) is 10.1 Å². The normalized spacial score (nSPS) is 17.2. The molecule has 1 N–H and O–H groups in total. The molecule has 0 saturated heterocycles. The Morgan fingerprint density at radius 3 is 2.72 bits per heavy atom. The maximum Gasteiger partial charge on any atom is 0.283 e. The van der Waals surface area contributed by atoms with E-state index >= 15 is 0 Å². The van der Waals surface area contributed by atoms with Crippen LogP contribution >= 0.6 is 15.9 Å². The van der Waals surface area contributed by atoms with Crippen molar-refractivity contribution in [2.24, 2.45) is 0 Å². The molecule has 5 heteroatoms. The van der Waals surface area contributed by atoms with E-state index in [2.05, 4.69) is 28.2 Å². The Morgan fingerprint density at radius 1 is 1.50 bits per heavy atom. The number of nitrogens with one attached hydrogen (secondary N) is 1. The van der Waals surface area contributed by atoms with Crippen molar-refractivity contribution in [3.63, 3.8) is 0 Å². The Labute approximate surface area is 115 Å². The molecule has 1 aliphatic carbocycles. The van der Waals surface area contributed by atoms with Gasteiger partial charge in [-0.1, -0.05) is 19.1 Å². The quantitative estimate of drug-likeness (QED) is 0.665. The van der Waals surface area contributed by atoms with Crippen LogP contribution in [0.4, 0.5) is 5.69 Å². The van der Waals surface area contributed by atoms with Gasteiger partial charge in [0.15, 0.2) is 0 Å². The van der Waals surface area contributed by atoms with Gasteiger partial charge in [-0.15, -0.1) is 0 Å². The molecular weight excluding hydrogens is 296 g/mol. The molecule has 0 atom stereocenters. The summed E-state index contributed by atoms with van der Waals surface area (Å²) >= 11 is 3.33. The summed E-state index contributed by atoms with van der Waals surface area (Å²) in [5, 5.41) is 14.4. The predicted octanol–water partition coefficient (Wildman–Crippen LogP) is 3.78. The third-order valence-corrected chi connectivity index (χ3v) is 4.81. The average molecular weight is 313 g/mol. The second kappa shape index (κ2) is 5.36. The van der Waals surface area contributed by atoms with E-state index in [0.717, 1.165) is 12.0 Å². The van der Waals surface area contributed by atoms with Crippen molar-refractivity contribution in [1.82, 2.24) is 5.32 Å². The number of nitrogens with zero attached hydrogens (tertiary/aromatic N) is 1. The zero-order chi connectivity index (χ0) is 13.2. The minimum atomic E-state index is -0.355. The Morgan fingerprint density at radius 2 is 2.22 bits per heavy atom. The summed E-state index contributed by atoms with van der Waals surface area (Å²) in [7, 11) is 0. The number of halogens is 1. The van der Waals surface area contributed by atoms with E-state index in [1.54, 1.807) is 6.07 Å². The molecule has 1 aromatic carbocycles. The minimum Gasteiger partial charge on any atom is -0.307 e. The first kappa shape index (κ1) is 13.5. The van der Waals surface area contributed by atoms with Gasteiger partial charge in [-0.3, -0.25) is 10.1 Å². The fraction of sp³-hybridized carbons (Fsp3) is 0.538. The summed E-state index contributed by atoms with van der Waals surface area (Å²) < 4.78 is 0.591. The molecule has 0 spiro atoms. The van der Waals surface area contributed by atoms with Crippen molar-refractivity contribution in [2.75, 3.05) is 0 Å². The summed E-state index contributed by atoms with van der Waals surface area (Å²) in [6.45, 7) is 2.87. The summed E-state index contributed by atoms with van der Waals surface area (Å²) in [5.41, 5.74) is 1.33. The van der Waals surface area contributed by atoms with Crippen LogP contribution in [0.5, 0.6) is 0 Å². The standard InChI is InChI=1S/C13H17BrN2O2/c1-2-13(7-4-8-13)15-9-10-5-3-6-11(12(10)14)16(17)18/h3,5-6,15H,2,4,7-9H2,1H3. The molecule has 1 fully saturated rings. The van der Waals surface area contributed by atoms with Gasteiger partial charge in [0.05, 0.1) is 9.40 Å². The van der Waals surface area contributed by atoms with Gasteiger partial charge in [0.1, 0.15) is 0 Å². The van der Waals surface area contributed by atoms with Crippen LogP contribution in [0.1, 0.15) is 38.2 Å². The number of hydrogen-bond donors (Lipinski definition) is 1. The van der Waals surface area contributed by atoms with Crippen LogP contribution in [-0.4, -0.2) is 10.5 Å². The largest absolute Gasteiger partial charge is 0.307 e. The molecule has 1 aliphatic rings. The SMILES string of the molecule is CCC1(NCc2cccc([N+](=O)[O-])c2Br)CCC1. The van der Waals surface area contributed by atoms with E-state index < -0.39 is 0 Å². The van der Waals surface area contributed by atoms with E-state index in [-0.39, 0.29) is 16.1 Å². The zero-order valence-corrected chi connectivity index (χ0v) is 12.0. The lowest BCUT2D eigenvalue weighted by Gasteiger charge is -2.42. The van der Waals surface area contributed by atoms with Crippen LogP contribution in [0.25, 0.3) is 0 Å². The number of hydrogen-bond acceptors (Lipinski definition) is 3. The minimum absolute atomic E-state index is 0.133. The van der Waals surface area contributed by atoms with Gasteiger partial charge >= 0.3 is 0 Å². The molecular formula is C13H17BrN2O2. The Hall–Kier alpha value is -0.940. The van der Waals surface area contributed by atoms with Crippen LogP contribution in [0.15, 0.2) is 22.7 Å². The van der Waals surface area contributed by atoms with Crippen molar-refractivity contribution >= 4 is 21.6 Å². The highest BCUT2D eigenvalue weighted by atomic mass is 79.9. The first-order valence-electron chi connectivity index (χ1n) is 6.25. The van der Waals surface area contributed by atoms with E-state index in [1.807, 2.05) is 6.07 Å². The molecule has 0 aromatic heterocycles. The molecule has 2 rings (SSSR count). The van der Waals surface area contributed by atoms with E-state index in [9.17, 15) is 10.1 Å². The fourth-order valence-corrected chi connectivity index (χ4v) is 2.93. The lowest BCUT2D eigenvalue weighted by atomic mass is 9.75. The number of nitro benzene ring substituents is 1. The third-order valence-electron chi connectivity index (χ3n) is 3.90. The van der Waals surface area contributed by atoms with Gasteiger partial charge in [-0.05, 0) is 47.2 Å². The van der Waals surface area contributed by atoms with Gasteiger partial charge in [-0.2, -0.15) is 0 Å². The van der Waals surface area contributed by atoms with E-state index in [4.69, 9.17) is 0 Å². The lowest BCUT2D eigenvalue weighted by molar-refractivity contribution is -0.385. The molecule has 4 nitrogen and oxygen atoms in total. The van der Waals surface area contributed by atoms with Crippen LogP contribution < -0.4 is 5.32 Å². The van der Waals surface area contributed by atoms with Crippen LogP contribution in [0.2, 0.25) is 0 Å². The molecule has 0 bridgehead atoms. The molecule has 0 aliphatic heterocycles. The van der Waals surface area contributed by atoms with Gasteiger partial charge in [0.2, 0.25) is 0 Å². The van der Waals surface area contributed by atoms with Crippen molar-refractivity contribution < 1.29 is 4.92 Å². The van der Waals surface area contributed by atoms with Gasteiger partial charge in [0, 0.05) is 18.2 Å². The molecule has 0 radical (unpaired) electrons. The maximum atomic E-state index is 10.9. The number of nitro groups is 1. The molecule has 0 unspecified atom stereocenters. The first-order valence-corrected chi connectivity index (χ1v) is 7.04. The molecule has 98 valence electrons. The third kappa shape index (κ3) is 2.57. The Balaban J connectivity index is 2.10. The Bertz CT molecular complexity index is 453. The second-order valence-electron chi connectivity index (χ2n) is 4.85. The van der Waals surface area contributed by atoms with Crippen molar-refractivity contribution in [2.45, 2.75) is 44.7 Å². The first-order chi connectivity index (χ1) is 8.58. The smallest absolute Gasteiger partial charge is 0.283 e. The molecule has 1 aromatic rings. The zero-order valence-electron chi connectivity index (χ0n) is 10.4. The maximum absolute atomic E-state index is 10.9. The highest BCUT2D eigenvalue weighted by Crippen LogP contribution is 2.35. The van der Waals surface area contributed by atoms with E-state index in [1.165, 1.54) is 25.3 Å². The molecule has 1 saturated carbocycles. The highest BCUT2D eigenvalue weighted by molar-refractivity contribution is 9.10. The summed E-state index contributed by atoms with van der Waals surface area (Å²) in [5.74, 6) is 0. The topological polar surface area (TPSA) is 55.2 Å². The lowest BCUT2D eigenvalue weighted by Crippen LogP contribution is -2.49. The summed E-state index contributed by atoms with van der Waals surface area (Å²) in [6.07, 6.45) is 4.79. The monoisotopic (exact) mass is 312 g/mol. The molecule has 0 heterocycles. The van der Waals surface area contributed by atoms with Gasteiger partial charge < -0.3 is 5.32 Å². The summed E-state index contributed by atoms with van der Waals surface area (Å²) in [4.78, 5) is 10.5. The number of rotatable bonds is 5. The average Bonchev–Trinajstić information content (AvgIpc) is 2.29. The predicted molar refractivity (Wildman–Crippen MR) is 74.5 cm³/mol. The number of benzene rings is 1. The molecule has 0 amide bonds. The van der Waals surface area contributed by atoms with Gasteiger partial charge in [-0.25, -0.2) is 0 Å². The summed E-state index contributed by atoms with van der Waals surface area (Å²) in [6, 6.07) is 5.18. The van der Waals surface area contributed by atoms with Crippen molar-refractivity contribution in [3.8, 4) is 0 Å². The van der Waals surface area contributed by atoms with E-state index in [0.29, 0.717) is 11.0 Å².